The van der Waals surface area contributed by atoms with Gasteiger partial charge in [-0.3, -0.25) is 4.79 Å². The van der Waals surface area contributed by atoms with Gasteiger partial charge in [0.1, 0.15) is 0 Å². The number of aryl methyl sites for hydroxylation is 2. The van der Waals surface area contributed by atoms with Crippen LogP contribution in [0.2, 0.25) is 0 Å². The van der Waals surface area contributed by atoms with E-state index >= 15 is 0 Å². The number of rotatable bonds is 5. The number of piperidine rings is 1. The maximum absolute atomic E-state index is 13.2. The maximum Gasteiger partial charge on any atom is 0.227 e. The number of carbonyl (C=O) groups excluding carboxylic acids is 1. The molecule has 0 bridgehead atoms. The molecule has 1 N–H and O–H groups in total. The summed E-state index contributed by atoms with van der Waals surface area (Å²) in [6.07, 6.45) is 2.68. The fourth-order valence-electron chi connectivity index (χ4n) is 3.70. The quantitative estimate of drug-likeness (QED) is 0.880. The van der Waals surface area contributed by atoms with Gasteiger partial charge < -0.3 is 9.80 Å². The van der Waals surface area contributed by atoms with Gasteiger partial charge in [0.2, 0.25) is 5.91 Å². The number of nitrogens with zero attached hydrogens (tertiary/aromatic N) is 1. The van der Waals surface area contributed by atoms with Crippen LogP contribution in [0.1, 0.15) is 35.1 Å². The molecule has 0 spiro atoms. The van der Waals surface area contributed by atoms with Crippen LogP contribution >= 0.6 is 0 Å². The third kappa shape index (κ3) is 4.95. The summed E-state index contributed by atoms with van der Waals surface area (Å²) in [5.74, 6) is 0.249. The fraction of sp³-hybridized carbons (Fsp3) is 0.435. The van der Waals surface area contributed by atoms with Crippen molar-refractivity contribution in [1.82, 2.24) is 4.90 Å². The van der Waals surface area contributed by atoms with E-state index in [0.717, 1.165) is 31.5 Å². The lowest BCUT2D eigenvalue weighted by molar-refractivity contribution is -0.885. The van der Waals surface area contributed by atoms with E-state index in [9.17, 15) is 4.79 Å². The lowest BCUT2D eigenvalue weighted by atomic mass is 10.0. The number of quaternary nitrogens is 1. The molecule has 0 unspecified atom stereocenters. The number of amides is 1. The Kier molecular flexibility index (Phi) is 6.10. The van der Waals surface area contributed by atoms with Crippen LogP contribution in [0.5, 0.6) is 0 Å². The molecule has 1 fully saturated rings. The van der Waals surface area contributed by atoms with Gasteiger partial charge in [0, 0.05) is 25.4 Å². The molecule has 1 amide bonds. The van der Waals surface area contributed by atoms with Gasteiger partial charge in [0.05, 0.1) is 26.6 Å². The minimum atomic E-state index is 0.249. The Balaban J connectivity index is 1.75. The average Bonchev–Trinajstić information content (AvgIpc) is 2.64. The fourth-order valence-corrected chi connectivity index (χ4v) is 3.70. The summed E-state index contributed by atoms with van der Waals surface area (Å²) in [6, 6.07) is 17.3. The van der Waals surface area contributed by atoms with Crippen molar-refractivity contribution in [3.8, 4) is 0 Å². The Morgan fingerprint density at radius 1 is 0.923 bits per heavy atom. The molecule has 3 nitrogen and oxygen atoms in total. The molecule has 0 saturated carbocycles. The number of benzene rings is 2. The predicted octanol–water partition coefficient (Wildman–Crippen LogP) is 2.55. The molecule has 138 valence electrons. The van der Waals surface area contributed by atoms with Crippen LogP contribution in [0, 0.1) is 13.8 Å². The van der Waals surface area contributed by atoms with Gasteiger partial charge in [-0.1, -0.05) is 59.7 Å². The molecule has 0 aliphatic carbocycles. The second kappa shape index (κ2) is 8.50. The summed E-state index contributed by atoms with van der Waals surface area (Å²) in [7, 11) is 2.24. The topological polar surface area (TPSA) is 24.8 Å². The van der Waals surface area contributed by atoms with Gasteiger partial charge in [-0.15, -0.1) is 0 Å². The van der Waals surface area contributed by atoms with Gasteiger partial charge in [-0.05, 0) is 25.0 Å². The highest BCUT2D eigenvalue weighted by Crippen LogP contribution is 2.17. The van der Waals surface area contributed by atoms with E-state index in [2.05, 4.69) is 74.3 Å². The molecule has 3 rings (SSSR count). The molecule has 2 aromatic carbocycles. The van der Waals surface area contributed by atoms with Crippen LogP contribution in [0.15, 0.2) is 48.5 Å². The normalized spacial score (nSPS) is 20.0. The van der Waals surface area contributed by atoms with Crippen LogP contribution in [0.4, 0.5) is 0 Å². The second-order valence-corrected chi connectivity index (χ2v) is 7.86. The number of hydrogen-bond acceptors (Lipinski definition) is 1. The molecule has 0 radical (unpaired) electrons. The summed E-state index contributed by atoms with van der Waals surface area (Å²) >= 11 is 0. The SMILES string of the molecule is Cc1ccc(CC(=O)N(Cc2ccc(C)cc2)C2CC[NH+](C)CC2)cc1. The minimum Gasteiger partial charge on any atom is -0.337 e. The monoisotopic (exact) mass is 351 g/mol. The predicted molar refractivity (Wildman–Crippen MR) is 106 cm³/mol. The lowest BCUT2D eigenvalue weighted by Gasteiger charge is -2.36. The first-order valence-corrected chi connectivity index (χ1v) is 9.73. The summed E-state index contributed by atoms with van der Waals surface area (Å²) in [6.45, 7) is 7.19. The zero-order valence-electron chi connectivity index (χ0n) is 16.3. The molecule has 1 heterocycles. The van der Waals surface area contributed by atoms with E-state index in [1.165, 1.54) is 16.7 Å². The van der Waals surface area contributed by atoms with E-state index in [1.807, 2.05) is 0 Å². The third-order valence-electron chi connectivity index (χ3n) is 5.52. The zero-order chi connectivity index (χ0) is 18.5. The highest BCUT2D eigenvalue weighted by atomic mass is 16.2. The van der Waals surface area contributed by atoms with Crippen LogP contribution in [-0.2, 0) is 17.8 Å². The number of carbonyl (C=O) groups is 1. The highest BCUT2D eigenvalue weighted by molar-refractivity contribution is 5.79. The Bertz CT molecular complexity index is 713. The molecule has 26 heavy (non-hydrogen) atoms. The van der Waals surface area contributed by atoms with Crippen molar-refractivity contribution in [1.29, 1.82) is 0 Å². The van der Waals surface area contributed by atoms with Crippen molar-refractivity contribution < 1.29 is 9.69 Å². The Labute approximate surface area is 157 Å². The molecule has 1 aliphatic heterocycles. The molecular weight excluding hydrogens is 320 g/mol. The van der Waals surface area contributed by atoms with E-state index in [4.69, 9.17) is 0 Å². The first kappa shape index (κ1) is 18.7. The van der Waals surface area contributed by atoms with E-state index in [1.54, 1.807) is 4.90 Å². The van der Waals surface area contributed by atoms with Gasteiger partial charge in [0.15, 0.2) is 0 Å². The van der Waals surface area contributed by atoms with Crippen molar-refractivity contribution in [2.45, 2.75) is 45.7 Å². The van der Waals surface area contributed by atoms with Crippen molar-refractivity contribution in [3.63, 3.8) is 0 Å². The van der Waals surface area contributed by atoms with Crippen molar-refractivity contribution >= 4 is 5.91 Å². The maximum atomic E-state index is 13.2. The highest BCUT2D eigenvalue weighted by Gasteiger charge is 2.28. The Hall–Kier alpha value is -2.13. The third-order valence-corrected chi connectivity index (χ3v) is 5.52. The average molecular weight is 352 g/mol. The summed E-state index contributed by atoms with van der Waals surface area (Å²) in [5.41, 5.74) is 4.82. The van der Waals surface area contributed by atoms with Gasteiger partial charge in [-0.25, -0.2) is 0 Å². The molecule has 1 aliphatic rings. The number of nitrogens with one attached hydrogen (secondary N) is 1. The first-order valence-electron chi connectivity index (χ1n) is 9.73. The minimum absolute atomic E-state index is 0.249. The summed E-state index contributed by atoms with van der Waals surface area (Å²) < 4.78 is 0. The Morgan fingerprint density at radius 3 is 1.96 bits per heavy atom. The number of hydrogen-bond donors (Lipinski definition) is 1. The standard InChI is InChI=1S/C23H30N2O/c1-18-4-8-20(9-5-18)16-23(26)25(22-12-14-24(3)15-13-22)17-21-10-6-19(2)7-11-21/h4-11,22H,12-17H2,1-3H3/p+1. The van der Waals surface area contributed by atoms with Gasteiger partial charge in [-0.2, -0.15) is 0 Å². The smallest absolute Gasteiger partial charge is 0.227 e. The number of likely N-dealkylation sites (tertiary alicyclic amines) is 1. The largest absolute Gasteiger partial charge is 0.337 e. The Morgan fingerprint density at radius 2 is 1.42 bits per heavy atom. The molecule has 0 aromatic heterocycles. The molecule has 2 aromatic rings. The van der Waals surface area contributed by atoms with Crippen molar-refractivity contribution in [2.24, 2.45) is 0 Å². The van der Waals surface area contributed by atoms with Crippen molar-refractivity contribution in [2.75, 3.05) is 20.1 Å². The lowest BCUT2D eigenvalue weighted by Crippen LogP contribution is -3.10. The van der Waals surface area contributed by atoms with E-state index in [0.29, 0.717) is 19.0 Å². The van der Waals surface area contributed by atoms with Crippen LogP contribution in [-0.4, -0.2) is 37.0 Å². The van der Waals surface area contributed by atoms with Gasteiger partial charge >= 0.3 is 0 Å². The molecule has 0 atom stereocenters. The first-order chi connectivity index (χ1) is 12.5. The summed E-state index contributed by atoms with van der Waals surface area (Å²) in [4.78, 5) is 16.9. The van der Waals surface area contributed by atoms with E-state index < -0.39 is 0 Å². The molecule has 1 saturated heterocycles. The summed E-state index contributed by atoms with van der Waals surface area (Å²) in [5, 5.41) is 0. The second-order valence-electron chi connectivity index (χ2n) is 7.86. The van der Waals surface area contributed by atoms with Crippen LogP contribution < -0.4 is 4.90 Å². The van der Waals surface area contributed by atoms with E-state index in [-0.39, 0.29) is 5.91 Å². The zero-order valence-corrected chi connectivity index (χ0v) is 16.3. The molecule has 3 heteroatoms. The van der Waals surface area contributed by atoms with Crippen LogP contribution in [0.3, 0.4) is 0 Å². The molecular formula is C23H31N2O+. The van der Waals surface area contributed by atoms with Gasteiger partial charge in [0.25, 0.3) is 0 Å². The van der Waals surface area contributed by atoms with Crippen LogP contribution in [0.25, 0.3) is 0 Å². The van der Waals surface area contributed by atoms with Crippen molar-refractivity contribution in [3.05, 3.63) is 70.8 Å².